The van der Waals surface area contributed by atoms with Crippen molar-refractivity contribution in [2.45, 2.75) is 32.2 Å². The molecule has 6 nitrogen and oxygen atoms in total. The summed E-state index contributed by atoms with van der Waals surface area (Å²) < 4.78 is 55.1. The first-order chi connectivity index (χ1) is 15.6. The molecule has 1 aliphatic heterocycles. The maximum Gasteiger partial charge on any atom is 0.272 e. The predicted molar refractivity (Wildman–Crippen MR) is 114 cm³/mol. The number of amides is 1. The number of pyridine rings is 1. The van der Waals surface area contributed by atoms with Crippen LogP contribution in [0.2, 0.25) is 0 Å². The van der Waals surface area contributed by atoms with Crippen molar-refractivity contribution in [2.75, 3.05) is 18.4 Å². The van der Waals surface area contributed by atoms with Crippen LogP contribution in [0.15, 0.2) is 42.9 Å². The van der Waals surface area contributed by atoms with E-state index in [0.717, 1.165) is 18.2 Å². The minimum absolute atomic E-state index is 0.00122. The number of carbonyl (C=O) groups is 1. The molecule has 1 aromatic carbocycles. The fourth-order valence-electron chi connectivity index (χ4n) is 3.56. The standard InChI is InChI=1S/C23H21F4N5O/c1-13(2)21-29-8-14(9-30-21)22(33)31-20-16(17-7-15(24)3-4-18(17)25)5-6-28-19(20)10-32-11-23(26,27)12-32/h3-9,13H,10-12H2,1-2H3,(H,31,33). The molecule has 2 aromatic heterocycles. The molecule has 1 fully saturated rings. The van der Waals surface area contributed by atoms with Gasteiger partial charge in [0.15, 0.2) is 0 Å². The molecule has 1 saturated heterocycles. The van der Waals surface area contributed by atoms with Crippen LogP contribution in [0.1, 0.15) is 41.6 Å². The van der Waals surface area contributed by atoms with Gasteiger partial charge in [0.05, 0.1) is 30.0 Å². The van der Waals surface area contributed by atoms with Crippen LogP contribution in [0.25, 0.3) is 11.1 Å². The third-order valence-corrected chi connectivity index (χ3v) is 5.22. The lowest BCUT2D eigenvalue weighted by Gasteiger charge is -2.38. The minimum atomic E-state index is -2.79. The van der Waals surface area contributed by atoms with E-state index in [-0.39, 0.29) is 40.5 Å². The molecule has 3 heterocycles. The zero-order valence-electron chi connectivity index (χ0n) is 17.9. The number of carbonyl (C=O) groups excluding carboxylic acids is 1. The second-order valence-electron chi connectivity index (χ2n) is 8.24. The molecule has 0 aliphatic carbocycles. The topological polar surface area (TPSA) is 71.0 Å². The van der Waals surface area contributed by atoms with Gasteiger partial charge >= 0.3 is 0 Å². The van der Waals surface area contributed by atoms with Crippen LogP contribution in [-0.2, 0) is 6.54 Å². The van der Waals surface area contributed by atoms with E-state index >= 15 is 0 Å². The highest BCUT2D eigenvalue weighted by Gasteiger charge is 2.44. The number of hydrogen-bond acceptors (Lipinski definition) is 5. The van der Waals surface area contributed by atoms with Gasteiger partial charge in [-0.25, -0.2) is 27.5 Å². The van der Waals surface area contributed by atoms with Crippen molar-refractivity contribution in [3.05, 3.63) is 71.6 Å². The molecule has 0 spiro atoms. The molecule has 172 valence electrons. The SMILES string of the molecule is CC(C)c1ncc(C(=O)Nc2c(-c3cc(F)ccc3F)ccnc2CN2CC(F)(F)C2)cn1. The molecule has 33 heavy (non-hydrogen) atoms. The van der Waals surface area contributed by atoms with E-state index in [0.29, 0.717) is 5.82 Å². The van der Waals surface area contributed by atoms with Crippen molar-refractivity contribution in [3.63, 3.8) is 0 Å². The number of anilines is 1. The Labute approximate surface area is 187 Å². The average molecular weight is 459 g/mol. The van der Waals surface area contributed by atoms with Gasteiger partial charge in [0.1, 0.15) is 17.5 Å². The summed E-state index contributed by atoms with van der Waals surface area (Å²) in [6.07, 6.45) is 4.10. The van der Waals surface area contributed by atoms with Crippen molar-refractivity contribution in [2.24, 2.45) is 0 Å². The van der Waals surface area contributed by atoms with Crippen LogP contribution in [0.3, 0.4) is 0 Å². The summed E-state index contributed by atoms with van der Waals surface area (Å²) >= 11 is 0. The maximum atomic E-state index is 14.6. The first kappa shape index (κ1) is 22.8. The summed E-state index contributed by atoms with van der Waals surface area (Å²) in [6, 6.07) is 4.39. The van der Waals surface area contributed by atoms with Gasteiger partial charge in [-0.3, -0.25) is 14.7 Å². The molecule has 0 radical (unpaired) electrons. The average Bonchev–Trinajstić information content (AvgIpc) is 2.75. The maximum absolute atomic E-state index is 14.6. The van der Waals surface area contributed by atoms with Gasteiger partial charge in [-0.1, -0.05) is 13.8 Å². The van der Waals surface area contributed by atoms with Crippen molar-refractivity contribution < 1.29 is 22.4 Å². The monoisotopic (exact) mass is 459 g/mol. The highest BCUT2D eigenvalue weighted by molar-refractivity contribution is 6.06. The zero-order chi connectivity index (χ0) is 23.8. The van der Waals surface area contributed by atoms with E-state index in [4.69, 9.17) is 0 Å². The Kier molecular flexibility index (Phi) is 6.11. The Hall–Kier alpha value is -3.40. The van der Waals surface area contributed by atoms with Crippen LogP contribution >= 0.6 is 0 Å². The largest absolute Gasteiger partial charge is 0.320 e. The van der Waals surface area contributed by atoms with E-state index < -0.39 is 36.6 Å². The van der Waals surface area contributed by atoms with Gasteiger partial charge < -0.3 is 5.32 Å². The van der Waals surface area contributed by atoms with Crippen LogP contribution < -0.4 is 5.32 Å². The Morgan fingerprint density at radius 2 is 1.79 bits per heavy atom. The molecule has 0 atom stereocenters. The summed E-state index contributed by atoms with van der Waals surface area (Å²) in [6.45, 7) is 2.92. The fourth-order valence-corrected chi connectivity index (χ4v) is 3.56. The van der Waals surface area contributed by atoms with Crippen molar-refractivity contribution in [3.8, 4) is 11.1 Å². The lowest BCUT2D eigenvalue weighted by molar-refractivity contribution is -0.134. The Morgan fingerprint density at radius 1 is 1.09 bits per heavy atom. The van der Waals surface area contributed by atoms with E-state index in [9.17, 15) is 22.4 Å². The molecule has 1 N–H and O–H groups in total. The van der Waals surface area contributed by atoms with Gasteiger partial charge in [-0.05, 0) is 24.3 Å². The number of benzene rings is 1. The summed E-state index contributed by atoms with van der Waals surface area (Å²) in [5.74, 6) is -4.11. The van der Waals surface area contributed by atoms with Gasteiger partial charge in [0.2, 0.25) is 0 Å². The van der Waals surface area contributed by atoms with E-state index in [1.54, 1.807) is 0 Å². The molecule has 0 bridgehead atoms. The molecular formula is C23H21F4N5O. The molecule has 4 rings (SSSR count). The van der Waals surface area contributed by atoms with Crippen LogP contribution in [-0.4, -0.2) is 44.8 Å². The first-order valence-corrected chi connectivity index (χ1v) is 10.3. The molecule has 1 amide bonds. The molecule has 10 heteroatoms. The van der Waals surface area contributed by atoms with Crippen molar-refractivity contribution in [1.29, 1.82) is 0 Å². The van der Waals surface area contributed by atoms with Gasteiger partial charge in [-0.15, -0.1) is 0 Å². The second kappa shape index (κ2) is 8.86. The van der Waals surface area contributed by atoms with Crippen molar-refractivity contribution in [1.82, 2.24) is 19.9 Å². The summed E-state index contributed by atoms with van der Waals surface area (Å²) in [5, 5.41) is 2.68. The van der Waals surface area contributed by atoms with Crippen LogP contribution in [0, 0.1) is 11.6 Å². The molecular weight excluding hydrogens is 438 g/mol. The summed E-state index contributed by atoms with van der Waals surface area (Å²) in [7, 11) is 0. The predicted octanol–water partition coefficient (Wildman–Crippen LogP) is 4.64. The number of aromatic nitrogens is 3. The lowest BCUT2D eigenvalue weighted by atomic mass is 10.0. The number of rotatable bonds is 6. The van der Waals surface area contributed by atoms with Crippen LogP contribution in [0.5, 0.6) is 0 Å². The second-order valence-corrected chi connectivity index (χ2v) is 8.24. The third-order valence-electron chi connectivity index (χ3n) is 5.22. The number of nitrogens with one attached hydrogen (secondary N) is 1. The van der Waals surface area contributed by atoms with Gasteiger partial charge in [0, 0.05) is 42.2 Å². The quantitative estimate of drug-likeness (QED) is 0.544. The van der Waals surface area contributed by atoms with E-state index in [2.05, 4.69) is 20.3 Å². The summed E-state index contributed by atoms with van der Waals surface area (Å²) in [5.41, 5.74) is 0.594. The fraction of sp³-hybridized carbons (Fsp3) is 0.304. The normalized spacial score (nSPS) is 15.4. The number of halogens is 4. The van der Waals surface area contributed by atoms with Crippen molar-refractivity contribution >= 4 is 11.6 Å². The number of likely N-dealkylation sites (tertiary alicyclic amines) is 1. The smallest absolute Gasteiger partial charge is 0.272 e. The first-order valence-electron chi connectivity index (χ1n) is 10.3. The number of hydrogen-bond donors (Lipinski definition) is 1. The Morgan fingerprint density at radius 3 is 2.42 bits per heavy atom. The minimum Gasteiger partial charge on any atom is -0.320 e. The lowest BCUT2D eigenvalue weighted by Crippen LogP contribution is -2.55. The molecule has 0 unspecified atom stereocenters. The molecule has 3 aromatic rings. The molecule has 0 saturated carbocycles. The summed E-state index contributed by atoms with van der Waals surface area (Å²) in [4.78, 5) is 26.9. The van der Waals surface area contributed by atoms with E-state index in [1.807, 2.05) is 13.8 Å². The van der Waals surface area contributed by atoms with E-state index in [1.165, 1.54) is 29.6 Å². The Bertz CT molecular complexity index is 1180. The molecule has 1 aliphatic rings. The Balaban J connectivity index is 1.71. The van der Waals surface area contributed by atoms with Gasteiger partial charge in [0.25, 0.3) is 11.8 Å². The zero-order valence-corrected chi connectivity index (χ0v) is 17.9. The van der Waals surface area contributed by atoms with Gasteiger partial charge in [-0.2, -0.15) is 0 Å². The van der Waals surface area contributed by atoms with Crippen LogP contribution in [0.4, 0.5) is 23.2 Å². The number of nitrogens with zero attached hydrogens (tertiary/aromatic N) is 4. The number of alkyl halides is 2. The highest BCUT2D eigenvalue weighted by Crippen LogP contribution is 2.35. The highest BCUT2D eigenvalue weighted by atomic mass is 19.3. The third kappa shape index (κ3) is 5.00.